The molecule has 1 aliphatic rings. The highest BCUT2D eigenvalue weighted by atomic mass is 35.5. The number of anilines is 1. The van der Waals surface area contributed by atoms with Crippen LogP contribution in [-0.4, -0.2) is 21.0 Å². The van der Waals surface area contributed by atoms with Gasteiger partial charge < -0.3 is 10.4 Å². The van der Waals surface area contributed by atoms with E-state index in [0.29, 0.717) is 23.0 Å². The van der Waals surface area contributed by atoms with Crippen LogP contribution in [-0.2, 0) is 24.1 Å². The van der Waals surface area contributed by atoms with Crippen LogP contribution in [0.5, 0.6) is 5.75 Å². The molecule has 0 aliphatic heterocycles. The number of benzene rings is 2. The van der Waals surface area contributed by atoms with Crippen LogP contribution in [0.1, 0.15) is 16.8 Å². The van der Waals surface area contributed by atoms with Crippen LogP contribution in [0.2, 0.25) is 5.02 Å². The zero-order valence-electron chi connectivity index (χ0n) is 16.4. The number of thiophene rings is 1. The lowest BCUT2D eigenvalue weighted by Gasteiger charge is -2.21. The number of fused-ring (bicyclic) bond motifs is 3. The number of phenolic OH excluding ortho intramolecular Hbond substituents is 1. The molecule has 0 unspecified atom stereocenters. The smallest absolute Gasteiger partial charge is 0.230 e. The molecule has 1 amide bonds. The molecule has 0 radical (unpaired) electrons. The van der Waals surface area contributed by atoms with Crippen molar-refractivity contribution < 1.29 is 9.90 Å². The lowest BCUT2D eigenvalue weighted by molar-refractivity contribution is -0.115. The van der Waals surface area contributed by atoms with E-state index in [-0.39, 0.29) is 18.1 Å². The Balaban J connectivity index is 1.52. The maximum absolute atomic E-state index is 12.8. The van der Waals surface area contributed by atoms with Gasteiger partial charge in [-0.2, -0.15) is 0 Å². The Labute approximate surface area is 188 Å². The van der Waals surface area contributed by atoms with Crippen molar-refractivity contribution in [1.82, 2.24) is 9.97 Å². The number of rotatable bonds is 4. The number of carbonyl (C=O) groups is 1. The van der Waals surface area contributed by atoms with Crippen LogP contribution in [0.15, 0.2) is 60.0 Å². The lowest BCUT2D eigenvalue weighted by Crippen LogP contribution is -2.18. The second-order valence-corrected chi connectivity index (χ2v) is 8.77. The molecule has 5 rings (SSSR count). The SMILES string of the molecule is O=C(Cc1ccc(Cl)cc1)Nc1nc2c(nc1-c1cccs1)-c1ccc(O)cc1CC2. The number of nitrogens with zero attached hydrogens (tertiary/aromatic N) is 2. The minimum absolute atomic E-state index is 0.157. The molecule has 2 N–H and O–H groups in total. The van der Waals surface area contributed by atoms with Gasteiger partial charge >= 0.3 is 0 Å². The molecule has 0 saturated carbocycles. The molecule has 0 saturated heterocycles. The van der Waals surface area contributed by atoms with Gasteiger partial charge in [0.15, 0.2) is 5.82 Å². The number of aromatic hydroxyl groups is 1. The van der Waals surface area contributed by atoms with Gasteiger partial charge in [0.05, 0.1) is 22.7 Å². The first-order chi connectivity index (χ1) is 15.1. The van der Waals surface area contributed by atoms with Crippen LogP contribution < -0.4 is 5.32 Å². The molecule has 1 aliphatic carbocycles. The normalized spacial score (nSPS) is 12.2. The topological polar surface area (TPSA) is 75.1 Å². The van der Waals surface area contributed by atoms with E-state index in [0.717, 1.165) is 39.4 Å². The van der Waals surface area contributed by atoms with Gasteiger partial charge in [0.25, 0.3) is 0 Å². The minimum Gasteiger partial charge on any atom is -0.508 e. The average Bonchev–Trinajstić information content (AvgIpc) is 3.29. The molecule has 0 atom stereocenters. The Morgan fingerprint density at radius 2 is 1.90 bits per heavy atom. The van der Waals surface area contributed by atoms with Crippen LogP contribution in [0.3, 0.4) is 0 Å². The zero-order valence-corrected chi connectivity index (χ0v) is 18.0. The number of nitrogens with one attached hydrogen (secondary N) is 1. The summed E-state index contributed by atoms with van der Waals surface area (Å²) >= 11 is 7.49. The number of carbonyl (C=O) groups excluding carboxylic acids is 1. The van der Waals surface area contributed by atoms with Gasteiger partial charge in [0, 0.05) is 10.6 Å². The molecule has 2 aromatic heterocycles. The van der Waals surface area contributed by atoms with Crippen molar-refractivity contribution in [2.75, 3.05) is 5.32 Å². The van der Waals surface area contributed by atoms with Crippen molar-refractivity contribution in [3.05, 3.63) is 81.8 Å². The highest BCUT2D eigenvalue weighted by Gasteiger charge is 2.23. The Morgan fingerprint density at radius 3 is 2.68 bits per heavy atom. The molecule has 2 heterocycles. The standard InChI is InChI=1S/C24H18ClN3O2S/c25-16-6-3-14(4-7-16)12-21(30)27-24-23(20-2-1-11-31-20)28-22-18-9-8-17(29)13-15(18)5-10-19(22)26-24/h1-4,6-9,11,13,29H,5,10,12H2,(H,26,27,30). The number of halogens is 1. The number of phenols is 1. The fourth-order valence-electron chi connectivity index (χ4n) is 3.77. The van der Waals surface area contributed by atoms with E-state index in [1.54, 1.807) is 35.6 Å². The summed E-state index contributed by atoms with van der Waals surface area (Å²) in [6.07, 6.45) is 1.69. The van der Waals surface area contributed by atoms with E-state index in [9.17, 15) is 9.90 Å². The summed E-state index contributed by atoms with van der Waals surface area (Å²) < 4.78 is 0. The largest absolute Gasteiger partial charge is 0.508 e. The van der Waals surface area contributed by atoms with Gasteiger partial charge in [-0.1, -0.05) is 29.8 Å². The fourth-order valence-corrected chi connectivity index (χ4v) is 4.61. The Morgan fingerprint density at radius 1 is 1.06 bits per heavy atom. The van der Waals surface area contributed by atoms with E-state index in [4.69, 9.17) is 21.6 Å². The van der Waals surface area contributed by atoms with Gasteiger partial charge in [-0.15, -0.1) is 11.3 Å². The van der Waals surface area contributed by atoms with Gasteiger partial charge in [0.1, 0.15) is 11.4 Å². The predicted octanol–water partition coefficient (Wildman–Crippen LogP) is 5.51. The number of amides is 1. The molecule has 31 heavy (non-hydrogen) atoms. The molecule has 154 valence electrons. The van der Waals surface area contributed by atoms with Crippen molar-refractivity contribution in [2.45, 2.75) is 19.3 Å². The van der Waals surface area contributed by atoms with Gasteiger partial charge in [-0.3, -0.25) is 4.79 Å². The quantitative estimate of drug-likeness (QED) is 0.432. The Hall–Kier alpha value is -3.22. The number of aryl methyl sites for hydroxylation is 2. The van der Waals surface area contributed by atoms with E-state index in [2.05, 4.69) is 5.32 Å². The monoisotopic (exact) mass is 447 g/mol. The third kappa shape index (κ3) is 4.04. The van der Waals surface area contributed by atoms with Crippen molar-refractivity contribution >= 4 is 34.7 Å². The van der Waals surface area contributed by atoms with Crippen LogP contribution in [0.4, 0.5) is 5.82 Å². The highest BCUT2D eigenvalue weighted by molar-refractivity contribution is 7.13. The van der Waals surface area contributed by atoms with E-state index in [1.165, 1.54) is 0 Å². The second kappa shape index (κ2) is 8.13. The summed E-state index contributed by atoms with van der Waals surface area (Å²) in [6.45, 7) is 0. The molecule has 0 bridgehead atoms. The molecular formula is C24H18ClN3O2S. The van der Waals surface area contributed by atoms with Crippen molar-refractivity contribution in [3.8, 4) is 27.6 Å². The molecule has 0 fully saturated rings. The van der Waals surface area contributed by atoms with E-state index in [1.807, 2.05) is 35.7 Å². The maximum Gasteiger partial charge on any atom is 0.230 e. The van der Waals surface area contributed by atoms with Crippen molar-refractivity contribution in [1.29, 1.82) is 0 Å². The fraction of sp³-hybridized carbons (Fsp3) is 0.125. The third-order valence-corrected chi connectivity index (χ3v) is 6.36. The Kier molecular flexibility index (Phi) is 5.18. The third-order valence-electron chi connectivity index (χ3n) is 5.23. The number of aromatic nitrogens is 2. The minimum atomic E-state index is -0.157. The van der Waals surface area contributed by atoms with Gasteiger partial charge in [-0.25, -0.2) is 9.97 Å². The average molecular weight is 448 g/mol. The lowest BCUT2D eigenvalue weighted by atomic mass is 9.91. The number of hydrogen-bond donors (Lipinski definition) is 2. The molecule has 7 heteroatoms. The summed E-state index contributed by atoms with van der Waals surface area (Å²) in [5.74, 6) is 0.567. The summed E-state index contributed by atoms with van der Waals surface area (Å²) in [6, 6.07) is 16.5. The van der Waals surface area contributed by atoms with E-state index < -0.39 is 0 Å². The van der Waals surface area contributed by atoms with E-state index >= 15 is 0 Å². The highest BCUT2D eigenvalue weighted by Crippen LogP contribution is 2.37. The first-order valence-corrected chi connectivity index (χ1v) is 11.1. The second-order valence-electron chi connectivity index (χ2n) is 7.39. The maximum atomic E-state index is 12.8. The number of hydrogen-bond acceptors (Lipinski definition) is 5. The summed E-state index contributed by atoms with van der Waals surface area (Å²) in [4.78, 5) is 23.4. The van der Waals surface area contributed by atoms with Gasteiger partial charge in [-0.05, 0) is 65.7 Å². The first kappa shape index (κ1) is 19.7. The molecule has 2 aromatic carbocycles. The van der Waals surface area contributed by atoms with Crippen LogP contribution in [0.25, 0.3) is 21.8 Å². The summed E-state index contributed by atoms with van der Waals surface area (Å²) in [5, 5.41) is 15.4. The Bertz CT molecular complexity index is 1270. The van der Waals surface area contributed by atoms with Crippen molar-refractivity contribution in [2.24, 2.45) is 0 Å². The van der Waals surface area contributed by atoms with Gasteiger partial charge in [0.2, 0.25) is 5.91 Å². The van der Waals surface area contributed by atoms with Crippen LogP contribution in [0, 0.1) is 0 Å². The first-order valence-electron chi connectivity index (χ1n) is 9.88. The zero-order chi connectivity index (χ0) is 21.4. The predicted molar refractivity (Wildman–Crippen MR) is 124 cm³/mol. The molecule has 5 nitrogen and oxygen atoms in total. The summed E-state index contributed by atoms with van der Waals surface area (Å²) in [7, 11) is 0. The molecule has 4 aromatic rings. The van der Waals surface area contributed by atoms with Crippen molar-refractivity contribution in [3.63, 3.8) is 0 Å². The van der Waals surface area contributed by atoms with Crippen LogP contribution >= 0.6 is 22.9 Å². The molecule has 0 spiro atoms. The molecular weight excluding hydrogens is 430 g/mol. The summed E-state index contributed by atoms with van der Waals surface area (Å²) in [5.41, 5.74) is 5.21.